The van der Waals surface area contributed by atoms with Gasteiger partial charge in [0.15, 0.2) is 0 Å². The Balaban J connectivity index is 2.31. The number of carbonyl (C=O) groups excluding carboxylic acids is 1. The van der Waals surface area contributed by atoms with Gasteiger partial charge in [-0.05, 0) is 52.3 Å². The molecule has 0 aliphatic rings. The third kappa shape index (κ3) is 4.15. The number of nitrogens with one attached hydrogen (secondary N) is 1. The molecule has 0 fully saturated rings. The van der Waals surface area contributed by atoms with E-state index in [4.69, 9.17) is 5.11 Å². The Morgan fingerprint density at radius 3 is 2.10 bits per heavy atom. The van der Waals surface area contributed by atoms with Crippen molar-refractivity contribution >= 4 is 65.4 Å². The van der Waals surface area contributed by atoms with Crippen LogP contribution in [0, 0.1) is 0 Å². The number of amides is 1. The molecule has 0 aromatic heterocycles. The second kappa shape index (κ2) is 6.72. The molecule has 0 unspecified atom stereocenters. The first-order valence-corrected chi connectivity index (χ1v) is 8.05. The number of halogens is 3. The third-order valence-electron chi connectivity index (χ3n) is 2.59. The average Bonchev–Trinajstić information content (AvgIpc) is 2.39. The Morgan fingerprint density at radius 1 is 0.905 bits per heavy atom. The third-order valence-corrected chi connectivity index (χ3v) is 4.19. The summed E-state index contributed by atoms with van der Waals surface area (Å²) >= 11 is 9.91. The van der Waals surface area contributed by atoms with Gasteiger partial charge in [0.25, 0.3) is 5.91 Å². The van der Waals surface area contributed by atoms with E-state index in [1.54, 1.807) is 18.2 Å². The van der Waals surface area contributed by atoms with Crippen molar-refractivity contribution in [1.82, 2.24) is 0 Å². The van der Waals surface area contributed by atoms with Gasteiger partial charge >= 0.3 is 5.97 Å². The van der Waals surface area contributed by atoms with Crippen molar-refractivity contribution < 1.29 is 14.7 Å². The normalized spacial score (nSPS) is 10.2. The van der Waals surface area contributed by atoms with E-state index in [2.05, 4.69) is 53.1 Å². The molecular formula is C14H8Br3NO3. The highest BCUT2D eigenvalue weighted by Gasteiger charge is 2.12. The Kier molecular flexibility index (Phi) is 5.18. The minimum Gasteiger partial charge on any atom is -0.478 e. The highest BCUT2D eigenvalue weighted by molar-refractivity contribution is 9.11. The van der Waals surface area contributed by atoms with Crippen LogP contribution in [0.5, 0.6) is 0 Å². The van der Waals surface area contributed by atoms with Crippen molar-refractivity contribution in [2.24, 2.45) is 0 Å². The van der Waals surface area contributed by atoms with Gasteiger partial charge in [0.05, 0.1) is 11.3 Å². The lowest BCUT2D eigenvalue weighted by Gasteiger charge is -2.09. The molecule has 2 N–H and O–H groups in total. The van der Waals surface area contributed by atoms with Crippen molar-refractivity contribution in [3.05, 3.63) is 60.9 Å². The van der Waals surface area contributed by atoms with Crippen molar-refractivity contribution in [3.8, 4) is 0 Å². The highest BCUT2D eigenvalue weighted by Crippen LogP contribution is 2.25. The van der Waals surface area contributed by atoms with Gasteiger partial charge in [-0.25, -0.2) is 4.79 Å². The molecule has 0 aliphatic heterocycles. The molecule has 0 aliphatic carbocycles. The maximum absolute atomic E-state index is 12.2. The molecule has 21 heavy (non-hydrogen) atoms. The van der Waals surface area contributed by atoms with Gasteiger partial charge in [0.1, 0.15) is 0 Å². The van der Waals surface area contributed by atoms with Crippen LogP contribution in [0.3, 0.4) is 0 Å². The SMILES string of the molecule is O=C(O)c1ccc(Br)c(NC(=O)c2cc(Br)cc(Br)c2)c1. The van der Waals surface area contributed by atoms with E-state index in [0.717, 1.165) is 8.95 Å². The van der Waals surface area contributed by atoms with Crippen LogP contribution in [-0.4, -0.2) is 17.0 Å². The molecule has 1 amide bonds. The lowest BCUT2D eigenvalue weighted by Crippen LogP contribution is -2.13. The Labute approximate surface area is 145 Å². The van der Waals surface area contributed by atoms with E-state index in [0.29, 0.717) is 15.7 Å². The molecule has 0 atom stereocenters. The maximum Gasteiger partial charge on any atom is 0.335 e. The van der Waals surface area contributed by atoms with Crippen molar-refractivity contribution in [3.63, 3.8) is 0 Å². The predicted octanol–water partition coefficient (Wildman–Crippen LogP) is 4.92. The van der Waals surface area contributed by atoms with Crippen LogP contribution in [0.4, 0.5) is 5.69 Å². The predicted molar refractivity (Wildman–Crippen MR) is 90.9 cm³/mol. The van der Waals surface area contributed by atoms with Gasteiger partial charge in [0, 0.05) is 19.0 Å². The average molecular weight is 478 g/mol. The summed E-state index contributed by atoms with van der Waals surface area (Å²) in [4.78, 5) is 23.2. The van der Waals surface area contributed by atoms with Gasteiger partial charge in [-0.3, -0.25) is 4.79 Å². The first-order chi connectivity index (χ1) is 9.86. The highest BCUT2D eigenvalue weighted by atomic mass is 79.9. The molecule has 4 nitrogen and oxygen atoms in total. The zero-order chi connectivity index (χ0) is 15.6. The van der Waals surface area contributed by atoms with Crippen molar-refractivity contribution in [1.29, 1.82) is 0 Å². The number of hydrogen-bond donors (Lipinski definition) is 2. The number of rotatable bonds is 3. The molecular weight excluding hydrogens is 470 g/mol. The fourth-order valence-corrected chi connectivity index (χ4v) is 3.27. The van der Waals surface area contributed by atoms with Crippen molar-refractivity contribution in [2.45, 2.75) is 0 Å². The molecule has 0 bridgehead atoms. The van der Waals surface area contributed by atoms with Crippen LogP contribution in [0.15, 0.2) is 49.8 Å². The van der Waals surface area contributed by atoms with E-state index in [-0.39, 0.29) is 11.5 Å². The standard InChI is InChI=1S/C14H8Br3NO3/c15-9-3-8(4-10(16)6-9)13(19)18-12-5-7(14(20)21)1-2-11(12)17/h1-6H,(H,18,19)(H,20,21). The molecule has 108 valence electrons. The zero-order valence-electron chi connectivity index (χ0n) is 10.4. The number of carbonyl (C=O) groups is 2. The first kappa shape index (κ1) is 16.2. The summed E-state index contributed by atoms with van der Waals surface area (Å²) in [6.45, 7) is 0. The quantitative estimate of drug-likeness (QED) is 0.659. The summed E-state index contributed by atoms with van der Waals surface area (Å²) in [6.07, 6.45) is 0. The van der Waals surface area contributed by atoms with E-state index in [1.165, 1.54) is 12.1 Å². The van der Waals surface area contributed by atoms with Crippen LogP contribution < -0.4 is 5.32 Å². The van der Waals surface area contributed by atoms with E-state index < -0.39 is 5.97 Å². The number of benzene rings is 2. The molecule has 2 rings (SSSR count). The zero-order valence-corrected chi connectivity index (χ0v) is 15.1. The Hall–Kier alpha value is -1.18. The number of carboxylic acid groups (broad SMARTS) is 1. The van der Waals surface area contributed by atoms with Crippen LogP contribution >= 0.6 is 47.8 Å². The second-order valence-corrected chi connectivity index (χ2v) is 6.80. The summed E-state index contributed by atoms with van der Waals surface area (Å²) in [7, 11) is 0. The smallest absolute Gasteiger partial charge is 0.335 e. The topological polar surface area (TPSA) is 66.4 Å². The summed E-state index contributed by atoms with van der Waals surface area (Å²) in [6, 6.07) is 9.60. The minimum absolute atomic E-state index is 0.101. The number of anilines is 1. The fourth-order valence-electron chi connectivity index (χ4n) is 1.63. The van der Waals surface area contributed by atoms with E-state index in [9.17, 15) is 9.59 Å². The molecule has 0 radical (unpaired) electrons. The van der Waals surface area contributed by atoms with E-state index >= 15 is 0 Å². The molecule has 2 aromatic rings. The molecule has 0 spiro atoms. The van der Waals surface area contributed by atoms with Gasteiger partial charge < -0.3 is 10.4 Å². The van der Waals surface area contributed by atoms with Crippen LogP contribution in [-0.2, 0) is 0 Å². The Morgan fingerprint density at radius 2 is 1.52 bits per heavy atom. The molecule has 2 aromatic carbocycles. The number of hydrogen-bond acceptors (Lipinski definition) is 2. The summed E-state index contributed by atoms with van der Waals surface area (Å²) in [5.74, 6) is -1.39. The lowest BCUT2D eigenvalue weighted by atomic mass is 10.2. The number of carboxylic acids is 1. The van der Waals surface area contributed by atoms with Gasteiger partial charge in [-0.2, -0.15) is 0 Å². The second-order valence-electron chi connectivity index (χ2n) is 4.11. The summed E-state index contributed by atoms with van der Waals surface area (Å²) < 4.78 is 2.13. The fraction of sp³-hybridized carbons (Fsp3) is 0. The first-order valence-electron chi connectivity index (χ1n) is 5.67. The van der Waals surface area contributed by atoms with Crippen LogP contribution in [0.2, 0.25) is 0 Å². The largest absolute Gasteiger partial charge is 0.478 e. The molecule has 0 heterocycles. The van der Waals surface area contributed by atoms with Crippen molar-refractivity contribution in [2.75, 3.05) is 5.32 Å². The molecule has 7 heteroatoms. The number of aromatic carboxylic acids is 1. The van der Waals surface area contributed by atoms with Gasteiger partial charge in [-0.15, -0.1) is 0 Å². The van der Waals surface area contributed by atoms with Gasteiger partial charge in [0.2, 0.25) is 0 Å². The van der Waals surface area contributed by atoms with Crippen LogP contribution in [0.1, 0.15) is 20.7 Å². The summed E-state index contributed by atoms with van der Waals surface area (Å²) in [5.41, 5.74) is 0.948. The monoisotopic (exact) mass is 475 g/mol. The van der Waals surface area contributed by atoms with E-state index in [1.807, 2.05) is 6.07 Å². The molecule has 0 saturated heterocycles. The summed E-state index contributed by atoms with van der Waals surface area (Å²) in [5, 5.41) is 11.7. The van der Waals surface area contributed by atoms with Gasteiger partial charge in [-0.1, -0.05) is 31.9 Å². The lowest BCUT2D eigenvalue weighted by molar-refractivity contribution is 0.0696. The Bertz CT molecular complexity index is 711. The molecule has 0 saturated carbocycles. The van der Waals surface area contributed by atoms with Crippen LogP contribution in [0.25, 0.3) is 0 Å². The maximum atomic E-state index is 12.2. The minimum atomic E-state index is -1.05.